The Kier molecular flexibility index (Phi) is 6.35. The first-order chi connectivity index (χ1) is 9.31. The van der Waals surface area contributed by atoms with Gasteiger partial charge >= 0.3 is 0 Å². The fourth-order valence-corrected chi connectivity index (χ4v) is 3.76. The predicted octanol–water partition coefficient (Wildman–Crippen LogP) is 3.66. The summed E-state index contributed by atoms with van der Waals surface area (Å²) in [6.45, 7) is 9.35. The van der Waals surface area contributed by atoms with E-state index in [1.807, 2.05) is 11.3 Å². The molecule has 1 aliphatic heterocycles. The van der Waals surface area contributed by atoms with Crippen molar-refractivity contribution < 1.29 is 0 Å². The maximum atomic E-state index is 3.63. The van der Waals surface area contributed by atoms with Crippen LogP contribution in [0, 0.1) is 0 Å². The average molecular weight is 280 g/mol. The second-order valence-electron chi connectivity index (χ2n) is 5.60. The van der Waals surface area contributed by atoms with Crippen LogP contribution in [-0.4, -0.2) is 30.6 Å². The number of aryl methyl sites for hydroxylation is 1. The minimum atomic E-state index is 0.725. The summed E-state index contributed by atoms with van der Waals surface area (Å²) < 4.78 is 0. The third-order valence-electron chi connectivity index (χ3n) is 3.91. The third-order valence-corrected chi connectivity index (χ3v) is 5.13. The zero-order chi connectivity index (χ0) is 13.5. The zero-order valence-corrected chi connectivity index (χ0v) is 13.3. The highest BCUT2D eigenvalue weighted by Gasteiger charge is 2.18. The van der Waals surface area contributed by atoms with Crippen LogP contribution in [0.25, 0.3) is 0 Å². The topological polar surface area (TPSA) is 15.3 Å². The molecular formula is C16H28N2S. The van der Waals surface area contributed by atoms with Gasteiger partial charge in [-0.1, -0.05) is 20.3 Å². The van der Waals surface area contributed by atoms with E-state index in [2.05, 4.69) is 36.2 Å². The number of nitrogens with zero attached hydrogens (tertiary/aromatic N) is 1. The summed E-state index contributed by atoms with van der Waals surface area (Å²) in [5, 5.41) is 3.63. The summed E-state index contributed by atoms with van der Waals surface area (Å²) >= 11 is 1.99. The number of hydrogen-bond donors (Lipinski definition) is 1. The molecule has 2 rings (SSSR count). The van der Waals surface area contributed by atoms with Gasteiger partial charge in [-0.15, -0.1) is 11.3 Å². The molecule has 108 valence electrons. The van der Waals surface area contributed by atoms with Crippen molar-refractivity contribution in [3.63, 3.8) is 0 Å². The quantitative estimate of drug-likeness (QED) is 0.781. The molecule has 1 atom stereocenters. The van der Waals surface area contributed by atoms with Gasteiger partial charge in [0.2, 0.25) is 0 Å². The van der Waals surface area contributed by atoms with Gasteiger partial charge in [-0.2, -0.15) is 0 Å². The van der Waals surface area contributed by atoms with Gasteiger partial charge in [-0.05, 0) is 50.9 Å². The van der Waals surface area contributed by atoms with Crippen LogP contribution in [0.4, 0.5) is 0 Å². The fourth-order valence-electron chi connectivity index (χ4n) is 2.76. The van der Waals surface area contributed by atoms with Gasteiger partial charge in [0.05, 0.1) is 0 Å². The zero-order valence-electron chi connectivity index (χ0n) is 12.5. The van der Waals surface area contributed by atoms with Crippen molar-refractivity contribution >= 4 is 11.3 Å². The smallest absolute Gasteiger partial charge is 0.0328 e. The van der Waals surface area contributed by atoms with Gasteiger partial charge in [0.15, 0.2) is 0 Å². The molecule has 0 radical (unpaired) electrons. The van der Waals surface area contributed by atoms with E-state index in [-0.39, 0.29) is 0 Å². The Morgan fingerprint density at radius 3 is 2.79 bits per heavy atom. The standard InChI is InChI=1S/C16H28N2S/c1-3-5-11-18(12-14-7-6-10-17-14)13-16-9-8-15(4-2)19-16/h8-9,14,17H,3-7,10-13H2,1-2H3. The SMILES string of the molecule is CCCCN(Cc1ccc(CC)s1)CC1CCCN1. The second kappa shape index (κ2) is 8.03. The van der Waals surface area contributed by atoms with E-state index in [4.69, 9.17) is 0 Å². The van der Waals surface area contributed by atoms with E-state index in [9.17, 15) is 0 Å². The van der Waals surface area contributed by atoms with Gasteiger partial charge in [0.25, 0.3) is 0 Å². The highest BCUT2D eigenvalue weighted by molar-refractivity contribution is 7.11. The minimum Gasteiger partial charge on any atom is -0.313 e. The molecule has 1 unspecified atom stereocenters. The van der Waals surface area contributed by atoms with Crippen LogP contribution >= 0.6 is 11.3 Å². The first-order valence-corrected chi connectivity index (χ1v) is 8.66. The van der Waals surface area contributed by atoms with E-state index >= 15 is 0 Å². The number of nitrogens with one attached hydrogen (secondary N) is 1. The Bertz CT molecular complexity index is 355. The Morgan fingerprint density at radius 2 is 2.16 bits per heavy atom. The molecule has 1 aliphatic rings. The lowest BCUT2D eigenvalue weighted by Gasteiger charge is -2.25. The number of thiophene rings is 1. The van der Waals surface area contributed by atoms with Crippen LogP contribution < -0.4 is 5.32 Å². The monoisotopic (exact) mass is 280 g/mol. The normalized spacial score (nSPS) is 19.4. The molecule has 19 heavy (non-hydrogen) atoms. The van der Waals surface area contributed by atoms with Crippen molar-refractivity contribution in [2.45, 2.75) is 58.5 Å². The van der Waals surface area contributed by atoms with Crippen molar-refractivity contribution in [1.82, 2.24) is 10.2 Å². The first-order valence-electron chi connectivity index (χ1n) is 7.85. The van der Waals surface area contributed by atoms with Gasteiger partial charge in [0.1, 0.15) is 0 Å². The molecule has 2 nitrogen and oxygen atoms in total. The number of unbranched alkanes of at least 4 members (excludes halogenated alkanes) is 1. The number of rotatable bonds is 8. The molecule has 0 aromatic carbocycles. The summed E-state index contributed by atoms with van der Waals surface area (Å²) in [4.78, 5) is 5.70. The molecule has 1 aromatic rings. The molecule has 1 fully saturated rings. The fraction of sp³-hybridized carbons (Fsp3) is 0.750. The molecule has 1 saturated heterocycles. The maximum absolute atomic E-state index is 3.63. The molecule has 0 spiro atoms. The largest absolute Gasteiger partial charge is 0.313 e. The van der Waals surface area contributed by atoms with Crippen LogP contribution in [-0.2, 0) is 13.0 Å². The van der Waals surface area contributed by atoms with E-state index in [0.717, 1.165) is 12.6 Å². The molecular weight excluding hydrogens is 252 g/mol. The summed E-state index contributed by atoms with van der Waals surface area (Å²) in [6, 6.07) is 5.35. The van der Waals surface area contributed by atoms with E-state index < -0.39 is 0 Å². The maximum Gasteiger partial charge on any atom is 0.0328 e. The lowest BCUT2D eigenvalue weighted by Crippen LogP contribution is -2.37. The van der Waals surface area contributed by atoms with Gasteiger partial charge < -0.3 is 5.32 Å². The Labute approximate surface area is 122 Å². The molecule has 3 heteroatoms. The summed E-state index contributed by atoms with van der Waals surface area (Å²) in [7, 11) is 0. The van der Waals surface area contributed by atoms with E-state index in [1.54, 1.807) is 0 Å². The molecule has 0 aliphatic carbocycles. The van der Waals surface area contributed by atoms with Crippen molar-refractivity contribution in [3.05, 3.63) is 21.9 Å². The van der Waals surface area contributed by atoms with Crippen molar-refractivity contribution in [2.75, 3.05) is 19.6 Å². The first kappa shape index (κ1) is 15.0. The minimum absolute atomic E-state index is 0.725. The Hall–Kier alpha value is -0.380. The van der Waals surface area contributed by atoms with Crippen molar-refractivity contribution in [3.8, 4) is 0 Å². The van der Waals surface area contributed by atoms with Gasteiger partial charge in [0, 0.05) is 28.9 Å². The molecule has 1 aromatic heterocycles. The van der Waals surface area contributed by atoms with Gasteiger partial charge in [-0.25, -0.2) is 0 Å². The molecule has 2 heterocycles. The molecule has 0 bridgehead atoms. The molecule has 0 amide bonds. The lowest BCUT2D eigenvalue weighted by molar-refractivity contribution is 0.239. The van der Waals surface area contributed by atoms with E-state index in [0.29, 0.717) is 0 Å². The molecule has 0 saturated carbocycles. The number of hydrogen-bond acceptors (Lipinski definition) is 3. The van der Waals surface area contributed by atoms with Crippen molar-refractivity contribution in [2.24, 2.45) is 0 Å². The van der Waals surface area contributed by atoms with E-state index in [1.165, 1.54) is 61.5 Å². The summed E-state index contributed by atoms with van der Waals surface area (Å²) in [5.74, 6) is 0. The summed E-state index contributed by atoms with van der Waals surface area (Å²) in [5.41, 5.74) is 0. The highest BCUT2D eigenvalue weighted by atomic mass is 32.1. The second-order valence-corrected chi connectivity index (χ2v) is 6.86. The summed E-state index contributed by atoms with van der Waals surface area (Å²) in [6.07, 6.45) is 6.49. The predicted molar refractivity (Wildman–Crippen MR) is 84.9 cm³/mol. The molecule has 1 N–H and O–H groups in total. The Morgan fingerprint density at radius 1 is 1.32 bits per heavy atom. The highest BCUT2D eigenvalue weighted by Crippen LogP contribution is 2.20. The Balaban J connectivity index is 1.87. The van der Waals surface area contributed by atoms with Gasteiger partial charge in [-0.3, -0.25) is 4.90 Å². The van der Waals surface area contributed by atoms with Crippen LogP contribution in [0.1, 0.15) is 49.3 Å². The van der Waals surface area contributed by atoms with Crippen LogP contribution in [0.3, 0.4) is 0 Å². The average Bonchev–Trinajstić information content (AvgIpc) is 3.07. The van der Waals surface area contributed by atoms with Crippen LogP contribution in [0.2, 0.25) is 0 Å². The lowest BCUT2D eigenvalue weighted by atomic mass is 10.2. The third kappa shape index (κ3) is 4.90. The van der Waals surface area contributed by atoms with Crippen molar-refractivity contribution in [1.29, 1.82) is 0 Å². The van der Waals surface area contributed by atoms with Crippen LogP contribution in [0.5, 0.6) is 0 Å². The van der Waals surface area contributed by atoms with Crippen LogP contribution in [0.15, 0.2) is 12.1 Å².